The molecule has 0 spiro atoms. The maximum atomic E-state index is 11.7. The van der Waals surface area contributed by atoms with Gasteiger partial charge in [0, 0.05) is 19.6 Å². The highest BCUT2D eigenvalue weighted by molar-refractivity contribution is 5.87. The summed E-state index contributed by atoms with van der Waals surface area (Å²) in [5.41, 5.74) is 0. The highest BCUT2D eigenvalue weighted by atomic mass is 16.2. The Balaban J connectivity index is 2.51. The Morgan fingerprint density at radius 1 is 1.60 bits per heavy atom. The average molecular weight is 210 g/mol. The van der Waals surface area contributed by atoms with Crippen LogP contribution in [0.3, 0.4) is 0 Å². The van der Waals surface area contributed by atoms with E-state index >= 15 is 0 Å². The molecule has 1 aliphatic heterocycles. The van der Waals surface area contributed by atoms with Crippen LogP contribution in [0, 0.1) is 0 Å². The van der Waals surface area contributed by atoms with Crippen molar-refractivity contribution in [2.45, 2.75) is 32.7 Å². The number of likely N-dealkylation sites (N-methyl/N-ethyl adjacent to an activating group) is 2. The summed E-state index contributed by atoms with van der Waals surface area (Å²) in [6.07, 6.45) is 5.78. The Morgan fingerprint density at radius 3 is 2.93 bits per heavy atom. The summed E-state index contributed by atoms with van der Waals surface area (Å²) in [7, 11) is 1.91. The van der Waals surface area contributed by atoms with Gasteiger partial charge in [0.2, 0.25) is 5.91 Å². The van der Waals surface area contributed by atoms with E-state index in [-0.39, 0.29) is 5.91 Å². The van der Waals surface area contributed by atoms with Gasteiger partial charge in [-0.25, -0.2) is 0 Å². The summed E-state index contributed by atoms with van der Waals surface area (Å²) >= 11 is 0. The van der Waals surface area contributed by atoms with Crippen molar-refractivity contribution in [3.63, 3.8) is 0 Å². The van der Waals surface area contributed by atoms with Gasteiger partial charge in [-0.1, -0.05) is 13.0 Å². The van der Waals surface area contributed by atoms with Crippen molar-refractivity contribution in [2.24, 2.45) is 0 Å². The number of allylic oxidation sites excluding steroid dienone is 1. The van der Waals surface area contributed by atoms with Gasteiger partial charge >= 0.3 is 0 Å². The second-order valence-corrected chi connectivity index (χ2v) is 4.14. The molecule has 1 heterocycles. The number of likely N-dealkylation sites (tertiary alicyclic amines) is 1. The molecular weight excluding hydrogens is 188 g/mol. The van der Waals surface area contributed by atoms with Gasteiger partial charge in [-0.05, 0) is 38.9 Å². The zero-order valence-corrected chi connectivity index (χ0v) is 10.1. The molecule has 0 aromatic rings. The Morgan fingerprint density at radius 2 is 2.33 bits per heavy atom. The van der Waals surface area contributed by atoms with Crippen LogP contribution in [-0.4, -0.2) is 48.4 Å². The molecule has 1 fully saturated rings. The molecule has 1 rings (SSSR count). The maximum Gasteiger partial charge on any atom is 0.246 e. The second-order valence-electron chi connectivity index (χ2n) is 4.14. The minimum atomic E-state index is 0.125. The SMILES string of the molecule is C/C=C/C(=O)N(C)C1CCCN(CC)C1. The summed E-state index contributed by atoms with van der Waals surface area (Å²) in [6.45, 7) is 7.35. The van der Waals surface area contributed by atoms with Gasteiger partial charge in [0.1, 0.15) is 0 Å². The van der Waals surface area contributed by atoms with E-state index in [4.69, 9.17) is 0 Å². The standard InChI is InChI=1S/C12H22N2O/c1-4-7-12(15)13(3)11-8-6-9-14(5-2)10-11/h4,7,11H,5-6,8-10H2,1-3H3/b7-4+. The maximum absolute atomic E-state index is 11.7. The first-order valence-corrected chi connectivity index (χ1v) is 5.80. The van der Waals surface area contributed by atoms with Crippen LogP contribution in [-0.2, 0) is 4.79 Å². The predicted molar refractivity (Wildman–Crippen MR) is 62.7 cm³/mol. The van der Waals surface area contributed by atoms with E-state index in [0.29, 0.717) is 6.04 Å². The largest absolute Gasteiger partial charge is 0.338 e. The molecule has 0 bridgehead atoms. The van der Waals surface area contributed by atoms with E-state index in [2.05, 4.69) is 11.8 Å². The van der Waals surface area contributed by atoms with E-state index in [0.717, 1.165) is 19.5 Å². The van der Waals surface area contributed by atoms with Crippen LogP contribution in [0.4, 0.5) is 0 Å². The van der Waals surface area contributed by atoms with Crippen LogP contribution in [0.5, 0.6) is 0 Å². The van der Waals surface area contributed by atoms with E-state index in [1.807, 2.05) is 18.9 Å². The third-order valence-corrected chi connectivity index (χ3v) is 3.13. The quantitative estimate of drug-likeness (QED) is 0.659. The summed E-state index contributed by atoms with van der Waals surface area (Å²) in [4.78, 5) is 15.9. The topological polar surface area (TPSA) is 23.6 Å². The van der Waals surface area contributed by atoms with Crippen LogP contribution in [0.15, 0.2) is 12.2 Å². The monoisotopic (exact) mass is 210 g/mol. The van der Waals surface area contributed by atoms with E-state index < -0.39 is 0 Å². The molecule has 0 saturated carbocycles. The number of hydrogen-bond donors (Lipinski definition) is 0. The van der Waals surface area contributed by atoms with E-state index in [1.54, 1.807) is 12.2 Å². The highest BCUT2D eigenvalue weighted by Crippen LogP contribution is 2.14. The Hall–Kier alpha value is -0.830. The summed E-state index contributed by atoms with van der Waals surface area (Å²) in [5.74, 6) is 0.125. The first-order valence-electron chi connectivity index (χ1n) is 5.80. The van der Waals surface area contributed by atoms with Crippen molar-refractivity contribution in [3.8, 4) is 0 Å². The van der Waals surface area contributed by atoms with Crippen LogP contribution in [0.1, 0.15) is 26.7 Å². The molecule has 0 aromatic heterocycles. The minimum absolute atomic E-state index is 0.125. The van der Waals surface area contributed by atoms with E-state index in [1.165, 1.54) is 13.0 Å². The van der Waals surface area contributed by atoms with Gasteiger partial charge in [-0.3, -0.25) is 4.79 Å². The molecule has 1 saturated heterocycles. The Labute approximate surface area is 92.7 Å². The van der Waals surface area contributed by atoms with Crippen LogP contribution >= 0.6 is 0 Å². The number of rotatable bonds is 3. The van der Waals surface area contributed by atoms with Crippen LogP contribution in [0.2, 0.25) is 0 Å². The summed E-state index contributed by atoms with van der Waals surface area (Å²) in [6, 6.07) is 0.391. The predicted octanol–water partition coefficient (Wildman–Crippen LogP) is 1.51. The number of hydrogen-bond acceptors (Lipinski definition) is 2. The van der Waals surface area contributed by atoms with Crippen LogP contribution < -0.4 is 0 Å². The molecule has 15 heavy (non-hydrogen) atoms. The lowest BCUT2D eigenvalue weighted by Gasteiger charge is -2.36. The van der Waals surface area contributed by atoms with Crippen molar-refractivity contribution in [2.75, 3.05) is 26.7 Å². The van der Waals surface area contributed by atoms with Crippen molar-refractivity contribution >= 4 is 5.91 Å². The van der Waals surface area contributed by atoms with Gasteiger partial charge < -0.3 is 9.80 Å². The zero-order chi connectivity index (χ0) is 11.3. The number of piperidine rings is 1. The Kier molecular flexibility index (Phi) is 4.82. The van der Waals surface area contributed by atoms with Gasteiger partial charge in [-0.15, -0.1) is 0 Å². The van der Waals surface area contributed by atoms with Gasteiger partial charge in [-0.2, -0.15) is 0 Å². The molecular formula is C12H22N2O. The molecule has 3 heteroatoms. The first-order chi connectivity index (χ1) is 7.19. The molecule has 86 valence electrons. The summed E-state index contributed by atoms with van der Waals surface area (Å²) in [5, 5.41) is 0. The van der Waals surface area contributed by atoms with Crippen molar-refractivity contribution < 1.29 is 4.79 Å². The second kappa shape index (κ2) is 5.91. The molecule has 0 aliphatic carbocycles. The molecule has 3 nitrogen and oxygen atoms in total. The zero-order valence-electron chi connectivity index (χ0n) is 10.1. The molecule has 0 aromatic carbocycles. The minimum Gasteiger partial charge on any atom is -0.338 e. The fraction of sp³-hybridized carbons (Fsp3) is 0.750. The normalized spacial score (nSPS) is 23.3. The fourth-order valence-corrected chi connectivity index (χ4v) is 2.07. The molecule has 1 atom stereocenters. The highest BCUT2D eigenvalue weighted by Gasteiger charge is 2.23. The third kappa shape index (κ3) is 3.34. The molecule has 1 amide bonds. The molecule has 0 radical (unpaired) electrons. The van der Waals surface area contributed by atoms with Crippen molar-refractivity contribution in [1.29, 1.82) is 0 Å². The van der Waals surface area contributed by atoms with Gasteiger partial charge in [0.15, 0.2) is 0 Å². The van der Waals surface area contributed by atoms with E-state index in [9.17, 15) is 4.79 Å². The molecule has 1 unspecified atom stereocenters. The average Bonchev–Trinajstić information content (AvgIpc) is 2.28. The number of amides is 1. The first kappa shape index (κ1) is 12.2. The lowest BCUT2D eigenvalue weighted by Crippen LogP contribution is -2.48. The Bertz CT molecular complexity index is 238. The van der Waals surface area contributed by atoms with Crippen molar-refractivity contribution in [1.82, 2.24) is 9.80 Å². The lowest BCUT2D eigenvalue weighted by molar-refractivity contribution is -0.127. The molecule has 1 aliphatic rings. The van der Waals surface area contributed by atoms with Crippen molar-refractivity contribution in [3.05, 3.63) is 12.2 Å². The lowest BCUT2D eigenvalue weighted by atomic mass is 10.0. The van der Waals surface area contributed by atoms with Gasteiger partial charge in [0.25, 0.3) is 0 Å². The number of carbonyl (C=O) groups excluding carboxylic acids is 1. The third-order valence-electron chi connectivity index (χ3n) is 3.13. The molecule has 0 N–H and O–H groups in total. The number of nitrogens with zero attached hydrogens (tertiary/aromatic N) is 2. The smallest absolute Gasteiger partial charge is 0.246 e. The van der Waals surface area contributed by atoms with Gasteiger partial charge in [0.05, 0.1) is 0 Å². The van der Waals surface area contributed by atoms with Crippen LogP contribution in [0.25, 0.3) is 0 Å². The summed E-state index contributed by atoms with van der Waals surface area (Å²) < 4.78 is 0. The fourth-order valence-electron chi connectivity index (χ4n) is 2.07. The number of carbonyl (C=O) groups is 1.